The van der Waals surface area contributed by atoms with Gasteiger partial charge in [0.15, 0.2) is 0 Å². The molecular weight excluding hydrogens is 275 g/mol. The maximum atomic E-state index is 5.69. The highest BCUT2D eigenvalue weighted by atomic mass is 35.5. The summed E-state index contributed by atoms with van der Waals surface area (Å²) in [6.45, 7) is 2.53. The van der Waals surface area contributed by atoms with Gasteiger partial charge in [0.05, 0.1) is 6.61 Å². The topological polar surface area (TPSA) is 59.9 Å². The van der Waals surface area contributed by atoms with Crippen molar-refractivity contribution >= 4 is 34.8 Å². The third kappa shape index (κ3) is 3.45. The van der Waals surface area contributed by atoms with Crippen molar-refractivity contribution in [2.45, 2.75) is 6.92 Å². The summed E-state index contributed by atoms with van der Waals surface area (Å²) in [6, 6.07) is 7.41. The Morgan fingerprint density at radius 3 is 2.56 bits per heavy atom. The van der Waals surface area contributed by atoms with E-state index in [1.807, 2.05) is 31.2 Å². The summed E-state index contributed by atoms with van der Waals surface area (Å²) in [5.74, 6) is 1.04. The number of nitrogens with one attached hydrogen (secondary N) is 1. The van der Waals surface area contributed by atoms with Gasteiger partial charge in [0.2, 0.25) is 16.5 Å². The Balaban J connectivity index is 2.20. The monoisotopic (exact) mass is 284 g/mol. The van der Waals surface area contributed by atoms with Gasteiger partial charge in [-0.2, -0.15) is 15.0 Å². The fourth-order valence-electron chi connectivity index (χ4n) is 1.34. The molecule has 1 N–H and O–H groups in total. The number of nitrogens with zero attached hydrogens (tertiary/aromatic N) is 3. The first kappa shape index (κ1) is 12.9. The summed E-state index contributed by atoms with van der Waals surface area (Å²) in [5, 5.41) is 3.05. The van der Waals surface area contributed by atoms with Gasteiger partial charge in [-0.25, -0.2) is 0 Å². The molecule has 0 amide bonds. The van der Waals surface area contributed by atoms with Crippen LogP contribution in [0.15, 0.2) is 24.3 Å². The van der Waals surface area contributed by atoms with E-state index in [2.05, 4.69) is 20.3 Å². The molecule has 18 heavy (non-hydrogen) atoms. The molecule has 0 fully saturated rings. The quantitative estimate of drug-likeness (QED) is 0.933. The minimum atomic E-state index is 0.0402. The lowest BCUT2D eigenvalue weighted by molar-refractivity contribution is 0.340. The maximum Gasteiger partial charge on any atom is 0.232 e. The minimum Gasteiger partial charge on any atom is -0.494 e. The number of ether oxygens (including phenoxy) is 1. The first-order valence-corrected chi connectivity index (χ1v) is 6.00. The van der Waals surface area contributed by atoms with Crippen LogP contribution in [0, 0.1) is 0 Å². The maximum absolute atomic E-state index is 5.69. The van der Waals surface area contributed by atoms with Crippen LogP contribution < -0.4 is 10.1 Å². The minimum absolute atomic E-state index is 0.0402. The van der Waals surface area contributed by atoms with Crippen LogP contribution in [-0.4, -0.2) is 21.6 Å². The van der Waals surface area contributed by atoms with Crippen LogP contribution in [0.3, 0.4) is 0 Å². The lowest BCUT2D eigenvalue weighted by Gasteiger charge is -2.07. The van der Waals surface area contributed by atoms with Gasteiger partial charge in [0, 0.05) is 11.8 Å². The molecule has 5 nitrogen and oxygen atoms in total. The molecule has 0 atom stereocenters. The number of benzene rings is 1. The summed E-state index contributed by atoms with van der Waals surface area (Å²) in [5.41, 5.74) is 0.777. The van der Waals surface area contributed by atoms with Gasteiger partial charge in [-0.15, -0.1) is 0 Å². The molecule has 1 aromatic heterocycles. The summed E-state index contributed by atoms with van der Waals surface area (Å²) in [6.07, 6.45) is 0. The van der Waals surface area contributed by atoms with E-state index in [4.69, 9.17) is 27.9 Å². The standard InChI is InChI=1S/C11H10Cl2N4O/c1-2-18-8-5-3-4-7(6-8)14-11-16-9(12)15-10(13)17-11/h3-6H,2H2,1H3,(H,14,15,16,17). The second-order valence-corrected chi connectivity index (χ2v) is 3.96. The van der Waals surface area contributed by atoms with E-state index in [1.165, 1.54) is 0 Å². The average Bonchev–Trinajstić information content (AvgIpc) is 2.28. The molecular formula is C11H10Cl2N4O. The third-order valence-electron chi connectivity index (χ3n) is 1.98. The Morgan fingerprint density at radius 1 is 1.17 bits per heavy atom. The number of hydrogen-bond donors (Lipinski definition) is 1. The van der Waals surface area contributed by atoms with E-state index in [9.17, 15) is 0 Å². The van der Waals surface area contributed by atoms with Gasteiger partial charge in [-0.3, -0.25) is 0 Å². The number of hydrogen-bond acceptors (Lipinski definition) is 5. The number of halogens is 2. The van der Waals surface area contributed by atoms with Crippen LogP contribution in [0.2, 0.25) is 10.6 Å². The Hall–Kier alpha value is -1.59. The molecule has 0 aliphatic rings. The second-order valence-electron chi connectivity index (χ2n) is 3.28. The van der Waals surface area contributed by atoms with E-state index in [-0.39, 0.29) is 16.5 Å². The summed E-state index contributed by atoms with van der Waals surface area (Å²) >= 11 is 11.4. The fourth-order valence-corrected chi connectivity index (χ4v) is 1.70. The first-order valence-electron chi connectivity index (χ1n) is 5.24. The molecule has 7 heteroatoms. The van der Waals surface area contributed by atoms with Crippen LogP contribution in [0.5, 0.6) is 5.75 Å². The van der Waals surface area contributed by atoms with Gasteiger partial charge in [-0.05, 0) is 42.3 Å². The summed E-state index contributed by atoms with van der Waals surface area (Å²) in [7, 11) is 0. The molecule has 2 aromatic rings. The van der Waals surface area contributed by atoms with Crippen LogP contribution in [0.1, 0.15) is 6.92 Å². The van der Waals surface area contributed by atoms with E-state index in [0.717, 1.165) is 11.4 Å². The number of anilines is 2. The van der Waals surface area contributed by atoms with Crippen LogP contribution in [-0.2, 0) is 0 Å². The lowest BCUT2D eigenvalue weighted by atomic mass is 10.3. The predicted octanol–water partition coefficient (Wildman–Crippen LogP) is 3.32. The molecule has 0 spiro atoms. The van der Waals surface area contributed by atoms with E-state index in [0.29, 0.717) is 6.61 Å². The highest BCUT2D eigenvalue weighted by Crippen LogP contribution is 2.20. The lowest BCUT2D eigenvalue weighted by Crippen LogP contribution is -2.00. The Bertz CT molecular complexity index is 530. The van der Waals surface area contributed by atoms with E-state index in [1.54, 1.807) is 0 Å². The molecule has 0 saturated heterocycles. The summed E-state index contributed by atoms with van der Waals surface area (Å²) in [4.78, 5) is 11.5. The van der Waals surface area contributed by atoms with Crippen molar-refractivity contribution in [3.63, 3.8) is 0 Å². The molecule has 0 radical (unpaired) electrons. The molecule has 0 bridgehead atoms. The number of rotatable bonds is 4. The van der Waals surface area contributed by atoms with Gasteiger partial charge in [-0.1, -0.05) is 6.07 Å². The zero-order chi connectivity index (χ0) is 13.0. The highest BCUT2D eigenvalue weighted by molar-refractivity contribution is 6.31. The molecule has 0 unspecified atom stereocenters. The van der Waals surface area contributed by atoms with Gasteiger partial charge in [0.1, 0.15) is 5.75 Å². The molecule has 0 aliphatic carbocycles. The molecule has 0 aliphatic heterocycles. The average molecular weight is 285 g/mol. The highest BCUT2D eigenvalue weighted by Gasteiger charge is 2.04. The Labute approximate surface area is 114 Å². The van der Waals surface area contributed by atoms with E-state index >= 15 is 0 Å². The second kappa shape index (κ2) is 5.84. The predicted molar refractivity (Wildman–Crippen MR) is 70.7 cm³/mol. The van der Waals surface area contributed by atoms with Crippen molar-refractivity contribution in [2.75, 3.05) is 11.9 Å². The van der Waals surface area contributed by atoms with Crippen molar-refractivity contribution in [3.8, 4) is 5.75 Å². The molecule has 1 heterocycles. The Morgan fingerprint density at radius 2 is 1.89 bits per heavy atom. The SMILES string of the molecule is CCOc1cccc(Nc2nc(Cl)nc(Cl)n2)c1. The van der Waals surface area contributed by atoms with Crippen molar-refractivity contribution < 1.29 is 4.74 Å². The molecule has 2 rings (SSSR count). The normalized spacial score (nSPS) is 10.2. The smallest absolute Gasteiger partial charge is 0.232 e. The number of aromatic nitrogens is 3. The van der Waals surface area contributed by atoms with Crippen LogP contribution >= 0.6 is 23.2 Å². The molecule has 94 valence electrons. The largest absolute Gasteiger partial charge is 0.494 e. The van der Waals surface area contributed by atoms with E-state index < -0.39 is 0 Å². The zero-order valence-electron chi connectivity index (χ0n) is 9.52. The molecule has 1 aromatic carbocycles. The van der Waals surface area contributed by atoms with Gasteiger partial charge in [0.25, 0.3) is 0 Å². The van der Waals surface area contributed by atoms with Crippen molar-refractivity contribution in [3.05, 3.63) is 34.8 Å². The fraction of sp³-hybridized carbons (Fsp3) is 0.182. The van der Waals surface area contributed by atoms with Crippen molar-refractivity contribution in [2.24, 2.45) is 0 Å². The third-order valence-corrected chi connectivity index (χ3v) is 2.32. The van der Waals surface area contributed by atoms with Crippen LogP contribution in [0.25, 0.3) is 0 Å². The van der Waals surface area contributed by atoms with Gasteiger partial charge < -0.3 is 10.1 Å². The zero-order valence-corrected chi connectivity index (χ0v) is 11.0. The van der Waals surface area contributed by atoms with Crippen LogP contribution in [0.4, 0.5) is 11.6 Å². The summed E-state index contributed by atoms with van der Waals surface area (Å²) < 4.78 is 5.39. The first-order chi connectivity index (χ1) is 8.67. The van der Waals surface area contributed by atoms with Crippen molar-refractivity contribution in [1.29, 1.82) is 0 Å². The molecule has 0 saturated carbocycles. The van der Waals surface area contributed by atoms with Gasteiger partial charge >= 0.3 is 0 Å². The van der Waals surface area contributed by atoms with Crippen molar-refractivity contribution in [1.82, 2.24) is 15.0 Å². The Kier molecular flexibility index (Phi) is 4.17.